The summed E-state index contributed by atoms with van der Waals surface area (Å²) in [6, 6.07) is 18.1. The lowest BCUT2D eigenvalue weighted by molar-refractivity contribution is 0.0601. The van der Waals surface area contributed by atoms with E-state index in [0.29, 0.717) is 44.9 Å². The van der Waals surface area contributed by atoms with E-state index in [1.54, 1.807) is 45.6 Å². The molecule has 0 atom stereocenters. The predicted octanol–water partition coefficient (Wildman–Crippen LogP) is 5.31. The summed E-state index contributed by atoms with van der Waals surface area (Å²) in [4.78, 5) is 12.1. The van der Waals surface area contributed by atoms with Crippen molar-refractivity contribution in [2.45, 2.75) is 0 Å². The van der Waals surface area contributed by atoms with Crippen LogP contribution < -0.4 is 14.2 Å². The van der Waals surface area contributed by atoms with Gasteiger partial charge >= 0.3 is 5.97 Å². The Bertz CT molecular complexity index is 1350. The summed E-state index contributed by atoms with van der Waals surface area (Å²) in [5.74, 6) is 8.58. The Labute approximate surface area is 191 Å². The lowest BCUT2D eigenvalue weighted by Crippen LogP contribution is -2.00. The highest BCUT2D eigenvalue weighted by Crippen LogP contribution is 2.35. The third-order valence-corrected chi connectivity index (χ3v) is 5.14. The smallest absolute Gasteiger partial charge is 0.337 e. The van der Waals surface area contributed by atoms with Crippen LogP contribution in [0.1, 0.15) is 21.5 Å². The number of furan rings is 1. The van der Waals surface area contributed by atoms with Crippen LogP contribution in [0.3, 0.4) is 0 Å². The molecule has 1 heterocycles. The minimum Gasteiger partial charge on any atom is -0.497 e. The third kappa shape index (κ3) is 4.48. The van der Waals surface area contributed by atoms with Crippen LogP contribution in [0.4, 0.5) is 0 Å². The SMILES string of the molecule is COC(=O)c1ccc2oc(-c3ccc(OC)cc3)c(C#Cc3cc(OC)cc(OC)c3)c2c1. The molecule has 0 aliphatic rings. The second kappa shape index (κ2) is 9.41. The van der Waals surface area contributed by atoms with Crippen molar-refractivity contribution in [2.24, 2.45) is 0 Å². The van der Waals surface area contributed by atoms with Crippen LogP contribution in [0.2, 0.25) is 0 Å². The zero-order chi connectivity index (χ0) is 23.4. The molecule has 33 heavy (non-hydrogen) atoms. The Balaban J connectivity index is 1.91. The standard InChI is InChI=1S/C27H22O6/c1-29-20-9-6-18(7-10-20)26-23(11-5-17-13-21(30-2)16-22(14-17)31-3)24-15-19(27(28)32-4)8-12-25(24)33-26/h6-10,12-16H,1-4H3. The first-order valence-corrected chi connectivity index (χ1v) is 10.1. The summed E-state index contributed by atoms with van der Waals surface area (Å²) in [6.45, 7) is 0. The van der Waals surface area contributed by atoms with Crippen molar-refractivity contribution in [3.63, 3.8) is 0 Å². The first-order chi connectivity index (χ1) is 16.1. The maximum absolute atomic E-state index is 12.1. The molecule has 0 saturated heterocycles. The molecule has 0 saturated carbocycles. The van der Waals surface area contributed by atoms with Crippen molar-refractivity contribution >= 4 is 16.9 Å². The van der Waals surface area contributed by atoms with Gasteiger partial charge in [-0.05, 0) is 54.6 Å². The number of esters is 1. The molecule has 0 aliphatic heterocycles. The monoisotopic (exact) mass is 442 g/mol. The van der Waals surface area contributed by atoms with E-state index in [1.165, 1.54) is 7.11 Å². The van der Waals surface area contributed by atoms with Gasteiger partial charge in [0, 0.05) is 22.6 Å². The maximum Gasteiger partial charge on any atom is 0.337 e. The van der Waals surface area contributed by atoms with Crippen molar-refractivity contribution in [1.29, 1.82) is 0 Å². The molecule has 4 aromatic rings. The van der Waals surface area contributed by atoms with Gasteiger partial charge in [-0.15, -0.1) is 0 Å². The first kappa shape index (κ1) is 21.8. The lowest BCUT2D eigenvalue weighted by Gasteiger charge is -2.04. The van der Waals surface area contributed by atoms with Gasteiger partial charge in [0.1, 0.15) is 22.8 Å². The zero-order valence-corrected chi connectivity index (χ0v) is 18.7. The Kier molecular flexibility index (Phi) is 6.23. The molecule has 4 rings (SSSR count). The van der Waals surface area contributed by atoms with Gasteiger partial charge in [0.25, 0.3) is 0 Å². The number of hydrogen-bond donors (Lipinski definition) is 0. The predicted molar refractivity (Wildman–Crippen MR) is 125 cm³/mol. The van der Waals surface area contributed by atoms with E-state index >= 15 is 0 Å². The van der Waals surface area contributed by atoms with Gasteiger partial charge in [0.15, 0.2) is 5.76 Å². The van der Waals surface area contributed by atoms with Crippen LogP contribution >= 0.6 is 0 Å². The molecule has 6 nitrogen and oxygen atoms in total. The fourth-order valence-corrected chi connectivity index (χ4v) is 3.43. The summed E-state index contributed by atoms with van der Waals surface area (Å²) < 4.78 is 27.0. The summed E-state index contributed by atoms with van der Waals surface area (Å²) in [5.41, 5.74) is 3.23. The van der Waals surface area contributed by atoms with Crippen LogP contribution in [0.5, 0.6) is 17.2 Å². The molecule has 0 bridgehead atoms. The average Bonchev–Trinajstić information content (AvgIpc) is 3.24. The van der Waals surface area contributed by atoms with E-state index in [4.69, 9.17) is 23.4 Å². The molecular formula is C27H22O6. The number of carbonyl (C=O) groups is 1. The van der Waals surface area contributed by atoms with Gasteiger partial charge in [0.05, 0.1) is 39.6 Å². The van der Waals surface area contributed by atoms with Crippen molar-refractivity contribution < 1.29 is 28.2 Å². The van der Waals surface area contributed by atoms with Crippen molar-refractivity contribution in [1.82, 2.24) is 0 Å². The van der Waals surface area contributed by atoms with Crippen LogP contribution in [-0.2, 0) is 4.74 Å². The number of benzene rings is 3. The molecule has 0 radical (unpaired) electrons. The Morgan fingerprint density at radius 2 is 1.42 bits per heavy atom. The van der Waals surface area contributed by atoms with Gasteiger partial charge in [0.2, 0.25) is 0 Å². The number of hydrogen-bond acceptors (Lipinski definition) is 6. The summed E-state index contributed by atoms with van der Waals surface area (Å²) in [6.07, 6.45) is 0. The normalized spacial score (nSPS) is 10.3. The average molecular weight is 442 g/mol. The van der Waals surface area contributed by atoms with E-state index in [9.17, 15) is 4.79 Å². The van der Waals surface area contributed by atoms with Crippen molar-refractivity contribution in [3.8, 4) is 40.4 Å². The highest BCUT2D eigenvalue weighted by atomic mass is 16.5. The molecule has 0 N–H and O–H groups in total. The molecule has 0 aliphatic carbocycles. The largest absolute Gasteiger partial charge is 0.497 e. The molecule has 1 aromatic heterocycles. The number of methoxy groups -OCH3 is 4. The fraction of sp³-hybridized carbons (Fsp3) is 0.148. The molecule has 6 heteroatoms. The summed E-state index contributed by atoms with van der Waals surface area (Å²) in [7, 11) is 6.14. The lowest BCUT2D eigenvalue weighted by atomic mass is 10.0. The van der Waals surface area contributed by atoms with Gasteiger partial charge in [-0.3, -0.25) is 0 Å². The van der Waals surface area contributed by atoms with E-state index < -0.39 is 5.97 Å². The van der Waals surface area contributed by atoms with E-state index in [2.05, 4.69) is 11.8 Å². The number of carbonyl (C=O) groups excluding carboxylic acids is 1. The van der Waals surface area contributed by atoms with Crippen LogP contribution in [0, 0.1) is 11.8 Å². The second-order valence-electron chi connectivity index (χ2n) is 7.09. The summed E-state index contributed by atoms with van der Waals surface area (Å²) >= 11 is 0. The molecule has 3 aromatic carbocycles. The van der Waals surface area contributed by atoms with Crippen molar-refractivity contribution in [2.75, 3.05) is 28.4 Å². The fourth-order valence-electron chi connectivity index (χ4n) is 3.43. The number of fused-ring (bicyclic) bond motifs is 1. The quantitative estimate of drug-likeness (QED) is 0.308. The van der Waals surface area contributed by atoms with Crippen molar-refractivity contribution in [3.05, 3.63) is 77.4 Å². The Hall–Kier alpha value is -4.37. The van der Waals surface area contributed by atoms with Gasteiger partial charge in [-0.25, -0.2) is 4.79 Å². The zero-order valence-electron chi connectivity index (χ0n) is 18.7. The minimum atomic E-state index is -0.430. The van der Waals surface area contributed by atoms with Gasteiger partial charge in [-0.1, -0.05) is 11.8 Å². The van der Waals surface area contributed by atoms with E-state index in [-0.39, 0.29) is 0 Å². The first-order valence-electron chi connectivity index (χ1n) is 10.1. The molecule has 0 unspecified atom stereocenters. The highest BCUT2D eigenvalue weighted by molar-refractivity contribution is 5.98. The maximum atomic E-state index is 12.1. The highest BCUT2D eigenvalue weighted by Gasteiger charge is 2.17. The second-order valence-corrected chi connectivity index (χ2v) is 7.09. The molecular weight excluding hydrogens is 420 g/mol. The Morgan fingerprint density at radius 3 is 2.03 bits per heavy atom. The van der Waals surface area contributed by atoms with Crippen LogP contribution in [0.15, 0.2) is 65.1 Å². The minimum absolute atomic E-state index is 0.415. The van der Waals surface area contributed by atoms with Gasteiger partial charge < -0.3 is 23.4 Å². The number of rotatable bonds is 5. The Morgan fingerprint density at radius 1 is 0.758 bits per heavy atom. The topological polar surface area (TPSA) is 67.1 Å². The summed E-state index contributed by atoms with van der Waals surface area (Å²) in [5, 5.41) is 0.714. The van der Waals surface area contributed by atoms with E-state index in [0.717, 1.165) is 11.3 Å². The van der Waals surface area contributed by atoms with Crippen LogP contribution in [0.25, 0.3) is 22.3 Å². The van der Waals surface area contributed by atoms with Gasteiger partial charge in [-0.2, -0.15) is 0 Å². The molecule has 166 valence electrons. The number of ether oxygens (including phenoxy) is 4. The third-order valence-electron chi connectivity index (χ3n) is 5.14. The van der Waals surface area contributed by atoms with E-state index in [1.807, 2.05) is 36.4 Å². The van der Waals surface area contributed by atoms with Crippen LogP contribution in [-0.4, -0.2) is 34.4 Å². The molecule has 0 amide bonds. The molecule has 0 spiro atoms. The molecule has 0 fully saturated rings.